The molecule has 0 aliphatic carbocycles. The number of pyridine rings is 5. The van der Waals surface area contributed by atoms with Crippen LogP contribution in [0, 0.1) is 0 Å². The fraction of sp³-hybridized carbons (Fsp3) is 0.139. The van der Waals surface area contributed by atoms with Crippen LogP contribution in [0.2, 0.25) is 0 Å². The lowest BCUT2D eigenvalue weighted by Crippen LogP contribution is -2.57. The Bertz CT molecular complexity index is 1970. The van der Waals surface area contributed by atoms with Crippen LogP contribution < -0.4 is 5.32 Å². The predicted molar refractivity (Wildman–Crippen MR) is 176 cm³/mol. The summed E-state index contributed by atoms with van der Waals surface area (Å²) in [4.78, 5) is 99.4. The first kappa shape index (κ1) is 36.1. The van der Waals surface area contributed by atoms with E-state index >= 15 is 0 Å². The molecule has 0 aliphatic rings. The van der Waals surface area contributed by atoms with Crippen LogP contribution in [0.15, 0.2) is 123 Å². The second kappa shape index (κ2) is 18.0. The molecule has 16 heteroatoms. The monoisotopic (exact) mass is 704 g/mol. The van der Waals surface area contributed by atoms with E-state index in [9.17, 15) is 28.8 Å². The Morgan fingerprint density at radius 1 is 0.538 bits per heavy atom. The summed E-state index contributed by atoms with van der Waals surface area (Å²) >= 11 is 0. The van der Waals surface area contributed by atoms with E-state index in [2.05, 4.69) is 30.2 Å². The summed E-state index contributed by atoms with van der Waals surface area (Å²) < 4.78 is 22.9. The molecule has 5 heterocycles. The average Bonchev–Trinajstić information content (AvgIpc) is 3.21. The molecule has 0 unspecified atom stereocenters. The van der Waals surface area contributed by atoms with Gasteiger partial charge in [0, 0.05) is 62.0 Å². The van der Waals surface area contributed by atoms with Crippen LogP contribution in [0.5, 0.6) is 0 Å². The van der Waals surface area contributed by atoms with Gasteiger partial charge in [0.25, 0.3) is 5.91 Å². The van der Waals surface area contributed by atoms with Crippen molar-refractivity contribution in [3.8, 4) is 0 Å². The van der Waals surface area contributed by atoms with E-state index in [0.717, 1.165) is 0 Å². The van der Waals surface area contributed by atoms with Gasteiger partial charge >= 0.3 is 23.9 Å². The summed E-state index contributed by atoms with van der Waals surface area (Å²) in [5.74, 6) is -4.87. The largest absolute Gasteiger partial charge is 0.458 e. The maximum Gasteiger partial charge on any atom is 0.340 e. The first-order valence-corrected chi connectivity index (χ1v) is 15.4. The van der Waals surface area contributed by atoms with Crippen molar-refractivity contribution in [2.75, 3.05) is 6.61 Å². The SMILES string of the molecule is O=C[C@H](NC(=O)c1cccnc1)[C@@H](OC(=O)c1cccnc1)[C@H](OC(=O)c1cccnc1)[C@@H](COC(=O)c1cccnc1)OC(=O)c1cccnc1. The normalized spacial score (nSPS) is 12.8. The number of carbonyl (C=O) groups is 6. The second-order valence-electron chi connectivity index (χ2n) is 10.6. The molecule has 0 bridgehead atoms. The molecule has 0 radical (unpaired) electrons. The van der Waals surface area contributed by atoms with Crippen molar-refractivity contribution in [1.29, 1.82) is 0 Å². The molecule has 1 N–H and O–H groups in total. The fourth-order valence-corrected chi connectivity index (χ4v) is 4.58. The number of nitrogens with one attached hydrogen (secondary N) is 1. The summed E-state index contributed by atoms with van der Waals surface area (Å²) in [5, 5.41) is 2.45. The van der Waals surface area contributed by atoms with Gasteiger partial charge in [-0.05, 0) is 60.7 Å². The lowest BCUT2D eigenvalue weighted by atomic mass is 10.00. The lowest BCUT2D eigenvalue weighted by molar-refractivity contribution is -0.124. The van der Waals surface area contributed by atoms with Crippen molar-refractivity contribution in [1.82, 2.24) is 30.2 Å². The van der Waals surface area contributed by atoms with Crippen LogP contribution in [-0.2, 0) is 23.7 Å². The van der Waals surface area contributed by atoms with Gasteiger partial charge < -0.3 is 29.1 Å². The Kier molecular flexibility index (Phi) is 12.5. The van der Waals surface area contributed by atoms with Crippen molar-refractivity contribution < 1.29 is 47.7 Å². The van der Waals surface area contributed by atoms with Gasteiger partial charge in [-0.3, -0.25) is 29.7 Å². The molecule has 16 nitrogen and oxygen atoms in total. The molecule has 5 aromatic heterocycles. The van der Waals surface area contributed by atoms with Gasteiger partial charge in [-0.15, -0.1) is 0 Å². The van der Waals surface area contributed by atoms with Crippen LogP contribution >= 0.6 is 0 Å². The Hall–Kier alpha value is -7.23. The number of rotatable bonds is 15. The summed E-state index contributed by atoms with van der Waals surface area (Å²) in [6.07, 6.45) is 7.65. The standard InChI is InChI=1S/C36H28N6O10/c43-21-28(42-32(44)23-6-1-11-37-16-23)30(51-35(47)26-9-4-14-40-19-26)31(52-36(48)27-10-5-15-41-20-27)29(50-34(46)25-8-3-13-39-18-25)22-49-33(45)24-7-2-12-38-17-24/h1-21,28-31H,22H2,(H,42,44)/t28-,29+,30+,31+/m0/s1. The zero-order chi connectivity index (χ0) is 36.7. The van der Waals surface area contributed by atoms with Crippen molar-refractivity contribution in [2.24, 2.45) is 0 Å². The summed E-state index contributed by atoms with van der Waals surface area (Å²) in [6, 6.07) is 12.5. The molecule has 0 saturated carbocycles. The predicted octanol–water partition coefficient (Wildman–Crippen LogP) is 2.49. The van der Waals surface area contributed by atoms with E-state index in [4.69, 9.17) is 18.9 Å². The van der Waals surface area contributed by atoms with Gasteiger partial charge in [0.1, 0.15) is 18.9 Å². The van der Waals surface area contributed by atoms with Crippen LogP contribution in [-0.4, -0.2) is 92.0 Å². The first-order valence-electron chi connectivity index (χ1n) is 15.4. The Morgan fingerprint density at radius 2 is 0.923 bits per heavy atom. The quantitative estimate of drug-likeness (QED) is 0.0941. The van der Waals surface area contributed by atoms with Gasteiger partial charge in [0.2, 0.25) is 0 Å². The number of nitrogens with zero attached hydrogens (tertiary/aromatic N) is 5. The summed E-state index contributed by atoms with van der Waals surface area (Å²) in [5.41, 5.74) is -0.168. The smallest absolute Gasteiger partial charge is 0.340 e. The highest BCUT2D eigenvalue weighted by Crippen LogP contribution is 2.22. The number of aldehydes is 1. The minimum absolute atomic E-state index is 0.0257. The van der Waals surface area contributed by atoms with E-state index in [-0.39, 0.29) is 34.1 Å². The van der Waals surface area contributed by atoms with Crippen molar-refractivity contribution in [3.05, 3.63) is 150 Å². The number of aromatic nitrogens is 5. The lowest BCUT2D eigenvalue weighted by Gasteiger charge is -2.34. The molecule has 0 fully saturated rings. The molecule has 4 atom stereocenters. The van der Waals surface area contributed by atoms with E-state index in [0.29, 0.717) is 0 Å². The third kappa shape index (κ3) is 9.69. The van der Waals surface area contributed by atoms with Crippen LogP contribution in [0.25, 0.3) is 0 Å². The zero-order valence-corrected chi connectivity index (χ0v) is 27.0. The van der Waals surface area contributed by atoms with Crippen LogP contribution in [0.3, 0.4) is 0 Å². The van der Waals surface area contributed by atoms with Gasteiger partial charge in [0.15, 0.2) is 18.3 Å². The second-order valence-corrected chi connectivity index (χ2v) is 10.6. The molecule has 0 aromatic carbocycles. The minimum Gasteiger partial charge on any atom is -0.458 e. The van der Waals surface area contributed by atoms with Crippen molar-refractivity contribution in [2.45, 2.75) is 24.4 Å². The van der Waals surface area contributed by atoms with E-state index in [1.807, 2.05) is 0 Å². The van der Waals surface area contributed by atoms with E-state index in [1.165, 1.54) is 123 Å². The maximum absolute atomic E-state index is 13.6. The van der Waals surface area contributed by atoms with E-state index in [1.54, 1.807) is 0 Å². The topological polar surface area (TPSA) is 216 Å². The summed E-state index contributed by atoms with van der Waals surface area (Å²) in [7, 11) is 0. The van der Waals surface area contributed by atoms with Crippen molar-refractivity contribution in [3.63, 3.8) is 0 Å². The fourth-order valence-electron chi connectivity index (χ4n) is 4.58. The number of hydrogen-bond donors (Lipinski definition) is 1. The highest BCUT2D eigenvalue weighted by molar-refractivity contribution is 5.96. The molecule has 262 valence electrons. The zero-order valence-electron chi connectivity index (χ0n) is 27.0. The third-order valence-corrected chi connectivity index (χ3v) is 7.12. The van der Waals surface area contributed by atoms with Gasteiger partial charge in [-0.25, -0.2) is 19.2 Å². The van der Waals surface area contributed by atoms with Crippen LogP contribution in [0.1, 0.15) is 51.8 Å². The molecule has 0 aliphatic heterocycles. The molecule has 0 saturated heterocycles. The number of ether oxygens (including phenoxy) is 4. The molecular weight excluding hydrogens is 676 g/mol. The maximum atomic E-state index is 13.6. The molecule has 1 amide bonds. The molecule has 5 aromatic rings. The van der Waals surface area contributed by atoms with Gasteiger partial charge in [0.05, 0.1) is 27.8 Å². The number of esters is 4. The molecule has 52 heavy (non-hydrogen) atoms. The Morgan fingerprint density at radius 3 is 1.33 bits per heavy atom. The van der Waals surface area contributed by atoms with Gasteiger partial charge in [-0.1, -0.05) is 0 Å². The Balaban J connectivity index is 1.59. The number of hydrogen-bond acceptors (Lipinski definition) is 15. The third-order valence-electron chi connectivity index (χ3n) is 7.12. The molecular formula is C36H28N6O10. The highest BCUT2D eigenvalue weighted by atomic mass is 16.6. The number of carbonyl (C=O) groups excluding carboxylic acids is 6. The van der Waals surface area contributed by atoms with Gasteiger partial charge in [-0.2, -0.15) is 0 Å². The van der Waals surface area contributed by atoms with Crippen molar-refractivity contribution >= 4 is 36.1 Å². The molecule has 5 rings (SSSR count). The Labute approximate surface area is 295 Å². The van der Waals surface area contributed by atoms with Crippen LogP contribution in [0.4, 0.5) is 0 Å². The highest BCUT2D eigenvalue weighted by Gasteiger charge is 2.45. The summed E-state index contributed by atoms with van der Waals surface area (Å²) in [6.45, 7) is -0.812. The average molecular weight is 705 g/mol. The minimum atomic E-state index is -1.94. The van der Waals surface area contributed by atoms with E-state index < -0.39 is 60.7 Å². The molecule has 0 spiro atoms. The first-order chi connectivity index (χ1) is 25.3. The number of amides is 1.